The number of hydrogen-bond donors (Lipinski definition) is 1. The highest BCUT2D eigenvalue weighted by Crippen LogP contribution is 2.71. The topological polar surface area (TPSA) is 20.2 Å². The van der Waals surface area contributed by atoms with Gasteiger partial charge in [0, 0.05) is 0 Å². The fraction of sp³-hybridized carbons (Fsp3) is 0.933. The Bertz CT molecular complexity index is 737. The molecule has 0 amide bonds. The second kappa shape index (κ2) is 7.35. The lowest BCUT2D eigenvalue weighted by atomic mass is 9.47. The molecule has 5 aliphatic carbocycles. The van der Waals surface area contributed by atoms with Crippen molar-refractivity contribution in [3.05, 3.63) is 11.6 Å². The summed E-state index contributed by atoms with van der Waals surface area (Å²) in [6.45, 7) is 17.9. The van der Waals surface area contributed by atoms with Crippen molar-refractivity contribution in [3.63, 3.8) is 0 Å². The zero-order valence-electron chi connectivity index (χ0n) is 21.6. The van der Waals surface area contributed by atoms with Gasteiger partial charge in [0.05, 0.1) is 6.10 Å². The third-order valence-electron chi connectivity index (χ3n) is 12.8. The lowest BCUT2D eigenvalue weighted by molar-refractivity contribution is -0.0592. The SMILES string of the molecule is CC(C)[C@@H](C)[C@@]1(C)C[C@@H]1[C@@H](C)[C@H]1CC[C@@H]2[C@H]3CC=C4C[C@H](O)CC[C@]4(C)[C@H]3CC[C@]12C. The Hall–Kier alpha value is -0.300. The van der Waals surface area contributed by atoms with Crippen LogP contribution in [0.25, 0.3) is 0 Å². The molecule has 0 aromatic rings. The van der Waals surface area contributed by atoms with Gasteiger partial charge in [-0.1, -0.05) is 60.1 Å². The van der Waals surface area contributed by atoms with Gasteiger partial charge >= 0.3 is 0 Å². The van der Waals surface area contributed by atoms with E-state index >= 15 is 0 Å². The van der Waals surface area contributed by atoms with E-state index in [1.54, 1.807) is 5.57 Å². The second-order valence-corrected chi connectivity index (χ2v) is 14.1. The molecule has 4 saturated carbocycles. The highest BCUT2D eigenvalue weighted by molar-refractivity contribution is 5.25. The van der Waals surface area contributed by atoms with Gasteiger partial charge in [-0.05, 0) is 121 Å². The van der Waals surface area contributed by atoms with Gasteiger partial charge in [-0.15, -0.1) is 0 Å². The molecule has 1 heteroatoms. The summed E-state index contributed by atoms with van der Waals surface area (Å²) in [5.74, 6) is 7.17. The minimum Gasteiger partial charge on any atom is -0.393 e. The van der Waals surface area contributed by atoms with Crippen LogP contribution in [0.1, 0.15) is 106 Å². The first-order chi connectivity index (χ1) is 14.5. The van der Waals surface area contributed by atoms with Gasteiger partial charge in [0.25, 0.3) is 0 Å². The van der Waals surface area contributed by atoms with Crippen LogP contribution >= 0.6 is 0 Å². The quantitative estimate of drug-likeness (QED) is 0.453. The minimum atomic E-state index is -0.0810. The molecule has 11 atom stereocenters. The van der Waals surface area contributed by atoms with E-state index < -0.39 is 0 Å². The second-order valence-electron chi connectivity index (χ2n) is 14.1. The van der Waals surface area contributed by atoms with E-state index in [-0.39, 0.29) is 6.10 Å². The number of rotatable bonds is 4. The van der Waals surface area contributed by atoms with Gasteiger partial charge in [-0.3, -0.25) is 0 Å². The van der Waals surface area contributed by atoms with Crippen molar-refractivity contribution in [2.24, 2.45) is 63.6 Å². The van der Waals surface area contributed by atoms with Crippen molar-refractivity contribution in [2.75, 3.05) is 0 Å². The molecule has 0 radical (unpaired) electrons. The van der Waals surface area contributed by atoms with Gasteiger partial charge in [-0.2, -0.15) is 0 Å². The smallest absolute Gasteiger partial charge is 0.0577 e. The van der Waals surface area contributed by atoms with Crippen molar-refractivity contribution >= 4 is 0 Å². The first-order valence-electron chi connectivity index (χ1n) is 13.9. The van der Waals surface area contributed by atoms with Gasteiger partial charge in [0.15, 0.2) is 0 Å². The molecule has 0 aliphatic heterocycles. The van der Waals surface area contributed by atoms with Gasteiger partial charge in [0.2, 0.25) is 0 Å². The van der Waals surface area contributed by atoms with Crippen LogP contribution in [0.15, 0.2) is 11.6 Å². The van der Waals surface area contributed by atoms with E-state index in [1.807, 2.05) is 0 Å². The van der Waals surface area contributed by atoms with Crippen LogP contribution in [0.5, 0.6) is 0 Å². The molecule has 0 spiro atoms. The summed E-state index contributed by atoms with van der Waals surface area (Å²) in [4.78, 5) is 0. The monoisotopic (exact) mass is 426 g/mol. The van der Waals surface area contributed by atoms with Crippen molar-refractivity contribution in [1.82, 2.24) is 0 Å². The Balaban J connectivity index is 1.35. The molecule has 5 rings (SSSR count). The summed E-state index contributed by atoms with van der Waals surface area (Å²) < 4.78 is 0. The molecule has 1 N–H and O–H groups in total. The molecule has 0 unspecified atom stereocenters. The molecule has 0 aromatic carbocycles. The fourth-order valence-electron chi connectivity index (χ4n) is 10.3. The maximum atomic E-state index is 10.3. The van der Waals surface area contributed by atoms with Crippen LogP contribution in [0.4, 0.5) is 0 Å². The summed E-state index contributed by atoms with van der Waals surface area (Å²) >= 11 is 0. The van der Waals surface area contributed by atoms with Crippen LogP contribution in [0.3, 0.4) is 0 Å². The van der Waals surface area contributed by atoms with Crippen molar-refractivity contribution in [3.8, 4) is 0 Å². The van der Waals surface area contributed by atoms with E-state index in [2.05, 4.69) is 54.5 Å². The Kier molecular flexibility index (Phi) is 5.33. The third-order valence-corrected chi connectivity index (χ3v) is 12.8. The first kappa shape index (κ1) is 22.5. The molecule has 176 valence electrons. The number of fused-ring (bicyclic) bond motifs is 5. The predicted molar refractivity (Wildman–Crippen MR) is 131 cm³/mol. The van der Waals surface area contributed by atoms with Crippen LogP contribution in [-0.2, 0) is 0 Å². The van der Waals surface area contributed by atoms with E-state index in [1.165, 1.54) is 44.9 Å². The van der Waals surface area contributed by atoms with Crippen molar-refractivity contribution in [1.29, 1.82) is 0 Å². The molecule has 4 fully saturated rings. The summed E-state index contributed by atoms with van der Waals surface area (Å²) in [5, 5.41) is 10.3. The number of hydrogen-bond acceptors (Lipinski definition) is 1. The van der Waals surface area contributed by atoms with E-state index in [0.29, 0.717) is 16.2 Å². The lowest BCUT2D eigenvalue weighted by Gasteiger charge is -2.58. The normalized spacial score (nSPS) is 53.3. The highest BCUT2D eigenvalue weighted by atomic mass is 16.3. The minimum absolute atomic E-state index is 0.0810. The summed E-state index contributed by atoms with van der Waals surface area (Å²) in [6, 6.07) is 0. The Morgan fingerprint density at radius 2 is 1.65 bits per heavy atom. The zero-order chi connectivity index (χ0) is 22.3. The number of aliphatic hydroxyl groups excluding tert-OH is 1. The average Bonchev–Trinajstić information content (AvgIpc) is 3.29. The zero-order valence-corrected chi connectivity index (χ0v) is 21.6. The molecular weight excluding hydrogens is 376 g/mol. The van der Waals surface area contributed by atoms with E-state index in [0.717, 1.165) is 60.2 Å². The first-order valence-corrected chi connectivity index (χ1v) is 13.9. The van der Waals surface area contributed by atoms with E-state index in [4.69, 9.17) is 0 Å². The Morgan fingerprint density at radius 3 is 2.35 bits per heavy atom. The number of aliphatic hydroxyl groups is 1. The molecule has 31 heavy (non-hydrogen) atoms. The van der Waals surface area contributed by atoms with Crippen LogP contribution in [0, 0.1) is 63.6 Å². The summed E-state index contributed by atoms with van der Waals surface area (Å²) in [5.41, 5.74) is 3.17. The molecule has 0 bridgehead atoms. The lowest BCUT2D eigenvalue weighted by Crippen LogP contribution is -2.51. The molecule has 0 saturated heterocycles. The van der Waals surface area contributed by atoms with Gasteiger partial charge in [0.1, 0.15) is 0 Å². The fourth-order valence-corrected chi connectivity index (χ4v) is 10.3. The maximum Gasteiger partial charge on any atom is 0.0577 e. The average molecular weight is 427 g/mol. The molecule has 0 aromatic heterocycles. The molecule has 5 aliphatic rings. The maximum absolute atomic E-state index is 10.3. The van der Waals surface area contributed by atoms with Crippen LogP contribution in [-0.4, -0.2) is 11.2 Å². The largest absolute Gasteiger partial charge is 0.393 e. The number of allylic oxidation sites excluding steroid dienone is 1. The molecule has 1 nitrogen and oxygen atoms in total. The Labute approximate surface area is 192 Å². The standard InChI is InChI=1S/C30H50O/c1-18(2)20(4)30(7)17-27(30)19(3)24-10-11-25-23-9-8-21-16-22(31)12-14-28(21,5)26(23)13-15-29(24,25)6/h8,18-20,22-27,31H,9-17H2,1-7H3/t19-,20+,22+,23+,24+,25+,26-,27+,28-,29+,30+/m0/s1. The van der Waals surface area contributed by atoms with Crippen LogP contribution in [0.2, 0.25) is 0 Å². The third kappa shape index (κ3) is 3.18. The highest BCUT2D eigenvalue weighted by Gasteiger charge is 2.63. The predicted octanol–water partition coefficient (Wildman–Crippen LogP) is 7.88. The van der Waals surface area contributed by atoms with Crippen molar-refractivity contribution < 1.29 is 5.11 Å². The summed E-state index contributed by atoms with van der Waals surface area (Å²) in [6.07, 6.45) is 14.4. The van der Waals surface area contributed by atoms with Crippen LogP contribution < -0.4 is 0 Å². The van der Waals surface area contributed by atoms with E-state index in [9.17, 15) is 5.11 Å². The summed E-state index contributed by atoms with van der Waals surface area (Å²) in [7, 11) is 0. The molecular formula is C30H50O. The van der Waals surface area contributed by atoms with Gasteiger partial charge in [-0.25, -0.2) is 0 Å². The Morgan fingerprint density at radius 1 is 0.903 bits per heavy atom. The molecule has 0 heterocycles. The van der Waals surface area contributed by atoms with Crippen molar-refractivity contribution in [2.45, 2.75) is 112 Å². The van der Waals surface area contributed by atoms with Gasteiger partial charge < -0.3 is 5.11 Å².